The average molecular weight is 330 g/mol. The van der Waals surface area contributed by atoms with Gasteiger partial charge >= 0.3 is 0 Å². The van der Waals surface area contributed by atoms with Crippen LogP contribution in [0.2, 0.25) is 0 Å². The van der Waals surface area contributed by atoms with E-state index in [-0.39, 0.29) is 5.91 Å². The smallest absolute Gasteiger partial charge is 0.256 e. The van der Waals surface area contributed by atoms with E-state index < -0.39 is 0 Å². The summed E-state index contributed by atoms with van der Waals surface area (Å²) in [7, 11) is 0. The fourth-order valence-corrected chi connectivity index (χ4v) is 3.87. The molecular weight excluding hydrogens is 308 g/mol. The van der Waals surface area contributed by atoms with Gasteiger partial charge in [0.1, 0.15) is 0 Å². The molecule has 0 aliphatic heterocycles. The van der Waals surface area contributed by atoms with Crippen molar-refractivity contribution in [1.29, 1.82) is 0 Å². The maximum absolute atomic E-state index is 13.2. The number of benzene rings is 2. The highest BCUT2D eigenvalue weighted by molar-refractivity contribution is 6.13. The standard InChI is InChI=1S/C22H22N2O/c1-14-11-15(2)13-16(12-14)23-22(25)21-17-7-3-5-9-19(17)24-20-10-6-4-8-18(20)21/h3,5,7,9,11-13H,4,6,8,10H2,1-2H3,(H,23,25). The lowest BCUT2D eigenvalue weighted by Gasteiger charge is -2.20. The first-order valence-electron chi connectivity index (χ1n) is 8.92. The van der Waals surface area contributed by atoms with E-state index in [1.165, 1.54) is 0 Å². The number of rotatable bonds is 2. The van der Waals surface area contributed by atoms with Crippen LogP contribution in [0.4, 0.5) is 5.69 Å². The Morgan fingerprint density at radius 2 is 1.72 bits per heavy atom. The van der Waals surface area contributed by atoms with Crippen molar-refractivity contribution in [3.8, 4) is 0 Å². The molecule has 3 nitrogen and oxygen atoms in total. The van der Waals surface area contributed by atoms with E-state index in [2.05, 4.69) is 11.4 Å². The average Bonchev–Trinajstić information content (AvgIpc) is 2.58. The van der Waals surface area contributed by atoms with Crippen LogP contribution in [0.5, 0.6) is 0 Å². The molecule has 3 heteroatoms. The molecule has 0 radical (unpaired) electrons. The molecule has 1 aliphatic carbocycles. The number of para-hydroxylation sites is 1. The van der Waals surface area contributed by atoms with Gasteiger partial charge in [0, 0.05) is 16.8 Å². The Balaban J connectivity index is 1.83. The zero-order valence-electron chi connectivity index (χ0n) is 14.7. The molecule has 0 saturated carbocycles. The number of pyridine rings is 1. The fraction of sp³-hybridized carbons (Fsp3) is 0.273. The van der Waals surface area contributed by atoms with Crippen molar-refractivity contribution in [3.05, 3.63) is 70.4 Å². The van der Waals surface area contributed by atoms with Gasteiger partial charge < -0.3 is 5.32 Å². The molecule has 1 N–H and O–H groups in total. The summed E-state index contributed by atoms with van der Waals surface area (Å²) in [5.41, 5.74) is 7.09. The van der Waals surface area contributed by atoms with Gasteiger partial charge in [0.15, 0.2) is 0 Å². The number of hydrogen-bond donors (Lipinski definition) is 1. The molecule has 126 valence electrons. The van der Waals surface area contributed by atoms with Crippen LogP contribution in [0.3, 0.4) is 0 Å². The number of aromatic nitrogens is 1. The molecule has 1 heterocycles. The Kier molecular flexibility index (Phi) is 4.00. The summed E-state index contributed by atoms with van der Waals surface area (Å²) in [6, 6.07) is 14.1. The van der Waals surface area contributed by atoms with Crippen LogP contribution < -0.4 is 5.32 Å². The molecule has 25 heavy (non-hydrogen) atoms. The van der Waals surface area contributed by atoms with E-state index in [1.54, 1.807) is 0 Å². The molecule has 1 amide bonds. The molecular formula is C22H22N2O. The number of nitrogens with one attached hydrogen (secondary N) is 1. The van der Waals surface area contributed by atoms with Crippen molar-refractivity contribution in [2.75, 3.05) is 5.32 Å². The van der Waals surface area contributed by atoms with Gasteiger partial charge in [-0.1, -0.05) is 24.3 Å². The SMILES string of the molecule is Cc1cc(C)cc(NC(=O)c2c3c(nc4ccccc24)CCCC3)c1. The van der Waals surface area contributed by atoms with E-state index in [4.69, 9.17) is 4.98 Å². The zero-order chi connectivity index (χ0) is 17.4. The predicted molar refractivity (Wildman–Crippen MR) is 102 cm³/mol. The fourth-order valence-electron chi connectivity index (χ4n) is 3.87. The lowest BCUT2D eigenvalue weighted by atomic mass is 9.89. The van der Waals surface area contributed by atoms with E-state index in [0.29, 0.717) is 0 Å². The molecule has 0 unspecified atom stereocenters. The third kappa shape index (κ3) is 3.02. The van der Waals surface area contributed by atoms with E-state index in [9.17, 15) is 4.79 Å². The highest BCUT2D eigenvalue weighted by Gasteiger charge is 2.22. The number of anilines is 1. The summed E-state index contributed by atoms with van der Waals surface area (Å²) in [4.78, 5) is 18.0. The second kappa shape index (κ2) is 6.32. The highest BCUT2D eigenvalue weighted by atomic mass is 16.1. The number of carbonyl (C=O) groups is 1. The topological polar surface area (TPSA) is 42.0 Å². The second-order valence-corrected chi connectivity index (χ2v) is 6.97. The number of fused-ring (bicyclic) bond motifs is 2. The summed E-state index contributed by atoms with van der Waals surface area (Å²) in [6.45, 7) is 4.10. The summed E-state index contributed by atoms with van der Waals surface area (Å²) in [5.74, 6) is -0.0262. The minimum Gasteiger partial charge on any atom is -0.322 e. The zero-order valence-corrected chi connectivity index (χ0v) is 14.7. The Hall–Kier alpha value is -2.68. The van der Waals surface area contributed by atoms with Crippen LogP contribution in [0.1, 0.15) is 45.6 Å². The molecule has 0 bridgehead atoms. The summed E-state index contributed by atoms with van der Waals surface area (Å²) in [5, 5.41) is 4.06. The number of nitrogens with zero attached hydrogens (tertiary/aromatic N) is 1. The number of amides is 1. The van der Waals surface area contributed by atoms with Crippen molar-refractivity contribution < 1.29 is 4.79 Å². The van der Waals surface area contributed by atoms with Crippen LogP contribution in [0.25, 0.3) is 10.9 Å². The molecule has 4 rings (SSSR count). The van der Waals surface area contributed by atoms with Gasteiger partial charge in [-0.2, -0.15) is 0 Å². The monoisotopic (exact) mass is 330 g/mol. The van der Waals surface area contributed by atoms with Crippen LogP contribution in [0, 0.1) is 13.8 Å². The molecule has 2 aromatic carbocycles. The Morgan fingerprint density at radius 1 is 1.00 bits per heavy atom. The molecule has 0 atom stereocenters. The third-order valence-electron chi connectivity index (χ3n) is 4.88. The van der Waals surface area contributed by atoms with Crippen molar-refractivity contribution in [2.45, 2.75) is 39.5 Å². The quantitative estimate of drug-likeness (QED) is 0.720. The largest absolute Gasteiger partial charge is 0.322 e. The van der Waals surface area contributed by atoms with Gasteiger partial charge in [0.05, 0.1) is 11.1 Å². The van der Waals surface area contributed by atoms with Gasteiger partial charge in [-0.25, -0.2) is 0 Å². The first-order chi connectivity index (χ1) is 12.1. The lowest BCUT2D eigenvalue weighted by molar-refractivity contribution is 0.102. The number of carbonyl (C=O) groups excluding carboxylic acids is 1. The van der Waals surface area contributed by atoms with E-state index in [0.717, 1.165) is 70.2 Å². The van der Waals surface area contributed by atoms with E-state index >= 15 is 0 Å². The first-order valence-corrected chi connectivity index (χ1v) is 8.92. The Labute approximate surface area is 148 Å². The minimum absolute atomic E-state index is 0.0262. The first kappa shape index (κ1) is 15.8. The molecule has 1 aromatic heterocycles. The normalized spacial score (nSPS) is 13.5. The lowest BCUT2D eigenvalue weighted by Crippen LogP contribution is -2.19. The van der Waals surface area contributed by atoms with E-state index in [1.807, 2.05) is 50.2 Å². The van der Waals surface area contributed by atoms with Gasteiger partial charge in [0.25, 0.3) is 5.91 Å². The number of aryl methyl sites for hydroxylation is 3. The van der Waals surface area contributed by atoms with Crippen molar-refractivity contribution >= 4 is 22.5 Å². The summed E-state index contributed by atoms with van der Waals surface area (Å²) in [6.07, 6.45) is 4.17. The minimum atomic E-state index is -0.0262. The summed E-state index contributed by atoms with van der Waals surface area (Å²) >= 11 is 0. The third-order valence-corrected chi connectivity index (χ3v) is 4.88. The Morgan fingerprint density at radius 3 is 2.52 bits per heavy atom. The van der Waals surface area contributed by atoms with Crippen LogP contribution in [-0.4, -0.2) is 10.9 Å². The van der Waals surface area contributed by atoms with Gasteiger partial charge in [0.2, 0.25) is 0 Å². The van der Waals surface area contributed by atoms with Gasteiger partial charge in [-0.3, -0.25) is 9.78 Å². The van der Waals surface area contributed by atoms with Crippen molar-refractivity contribution in [1.82, 2.24) is 4.98 Å². The van der Waals surface area contributed by atoms with Gasteiger partial charge in [-0.05, 0) is 74.4 Å². The van der Waals surface area contributed by atoms with Crippen LogP contribution in [-0.2, 0) is 12.8 Å². The molecule has 0 saturated heterocycles. The summed E-state index contributed by atoms with van der Waals surface area (Å²) < 4.78 is 0. The Bertz CT molecular complexity index is 955. The molecule has 0 fully saturated rings. The maximum Gasteiger partial charge on any atom is 0.256 e. The molecule has 3 aromatic rings. The van der Waals surface area contributed by atoms with Crippen molar-refractivity contribution in [2.24, 2.45) is 0 Å². The molecule has 1 aliphatic rings. The van der Waals surface area contributed by atoms with Gasteiger partial charge in [-0.15, -0.1) is 0 Å². The molecule has 0 spiro atoms. The highest BCUT2D eigenvalue weighted by Crippen LogP contribution is 2.30. The number of hydrogen-bond acceptors (Lipinski definition) is 2. The predicted octanol–water partition coefficient (Wildman–Crippen LogP) is 4.98. The van der Waals surface area contributed by atoms with Crippen LogP contribution >= 0.6 is 0 Å². The van der Waals surface area contributed by atoms with Crippen LogP contribution in [0.15, 0.2) is 42.5 Å². The van der Waals surface area contributed by atoms with Crippen molar-refractivity contribution in [3.63, 3.8) is 0 Å². The second-order valence-electron chi connectivity index (χ2n) is 6.97. The maximum atomic E-state index is 13.2.